The van der Waals surface area contributed by atoms with Crippen LogP contribution in [0, 0.1) is 6.92 Å². The van der Waals surface area contributed by atoms with Gasteiger partial charge in [-0.3, -0.25) is 4.79 Å². The van der Waals surface area contributed by atoms with Crippen LogP contribution in [0.15, 0.2) is 46.9 Å². The Kier molecular flexibility index (Phi) is 4.48. The Morgan fingerprint density at radius 2 is 1.92 bits per heavy atom. The Morgan fingerprint density at radius 3 is 2.58 bits per heavy atom. The Bertz CT molecular complexity index is 875. The molecule has 24 heavy (non-hydrogen) atoms. The van der Waals surface area contributed by atoms with Gasteiger partial charge in [-0.15, -0.1) is 10.2 Å². The molecule has 3 rings (SSSR count). The minimum atomic E-state index is -0.498. The Hall–Kier alpha value is -2.86. The zero-order valence-corrected chi connectivity index (χ0v) is 13.8. The standard InChI is InChI=1S/C17H14ClN3O3/c1-10-3-6-12(9-14(10)18)19-15(22)17-21-20-16(24-17)11-4-7-13(23-2)8-5-11/h3-9H,1-2H3,(H,19,22). The highest BCUT2D eigenvalue weighted by Crippen LogP contribution is 2.23. The van der Waals surface area contributed by atoms with Crippen molar-refractivity contribution in [3.8, 4) is 17.2 Å². The minimum absolute atomic E-state index is 0.127. The summed E-state index contributed by atoms with van der Waals surface area (Å²) < 4.78 is 10.5. The van der Waals surface area contributed by atoms with Gasteiger partial charge in [0.05, 0.1) is 7.11 Å². The van der Waals surface area contributed by atoms with E-state index in [1.165, 1.54) is 0 Å². The van der Waals surface area contributed by atoms with Crippen molar-refractivity contribution >= 4 is 23.2 Å². The van der Waals surface area contributed by atoms with E-state index >= 15 is 0 Å². The van der Waals surface area contributed by atoms with Gasteiger partial charge >= 0.3 is 11.8 Å². The molecule has 0 aliphatic heterocycles. The van der Waals surface area contributed by atoms with Gasteiger partial charge in [0, 0.05) is 16.3 Å². The van der Waals surface area contributed by atoms with Crippen molar-refractivity contribution in [3.63, 3.8) is 0 Å². The number of hydrogen-bond acceptors (Lipinski definition) is 5. The second-order valence-corrected chi connectivity index (χ2v) is 5.47. The van der Waals surface area contributed by atoms with Crippen LogP contribution in [0.5, 0.6) is 5.75 Å². The van der Waals surface area contributed by atoms with E-state index in [4.69, 9.17) is 20.8 Å². The summed E-state index contributed by atoms with van der Waals surface area (Å²) in [6, 6.07) is 12.3. The fourth-order valence-corrected chi connectivity index (χ4v) is 2.20. The van der Waals surface area contributed by atoms with Crippen molar-refractivity contribution in [2.75, 3.05) is 12.4 Å². The average molecular weight is 344 g/mol. The van der Waals surface area contributed by atoms with E-state index in [2.05, 4.69) is 15.5 Å². The third kappa shape index (κ3) is 3.38. The molecule has 1 heterocycles. The topological polar surface area (TPSA) is 77.2 Å². The molecule has 6 nitrogen and oxygen atoms in total. The van der Waals surface area contributed by atoms with E-state index in [1.807, 2.05) is 13.0 Å². The minimum Gasteiger partial charge on any atom is -0.497 e. The van der Waals surface area contributed by atoms with Crippen molar-refractivity contribution in [3.05, 3.63) is 58.9 Å². The molecule has 0 saturated heterocycles. The first-order valence-corrected chi connectivity index (χ1v) is 7.50. The van der Waals surface area contributed by atoms with Gasteiger partial charge in [-0.25, -0.2) is 0 Å². The second kappa shape index (κ2) is 6.72. The maximum absolute atomic E-state index is 12.2. The third-order valence-electron chi connectivity index (χ3n) is 3.39. The largest absolute Gasteiger partial charge is 0.497 e. The molecule has 0 saturated carbocycles. The predicted molar refractivity (Wildman–Crippen MR) is 90.4 cm³/mol. The van der Waals surface area contributed by atoms with Gasteiger partial charge in [-0.1, -0.05) is 17.7 Å². The monoisotopic (exact) mass is 343 g/mol. The number of benzene rings is 2. The summed E-state index contributed by atoms with van der Waals surface area (Å²) >= 11 is 6.04. The molecular weight excluding hydrogens is 330 g/mol. The zero-order valence-electron chi connectivity index (χ0n) is 13.0. The lowest BCUT2D eigenvalue weighted by atomic mass is 10.2. The lowest BCUT2D eigenvalue weighted by Gasteiger charge is -2.04. The van der Waals surface area contributed by atoms with Crippen LogP contribution >= 0.6 is 11.6 Å². The molecule has 0 aliphatic carbocycles. The van der Waals surface area contributed by atoms with Gasteiger partial charge in [0.15, 0.2) is 0 Å². The number of rotatable bonds is 4. The van der Waals surface area contributed by atoms with E-state index in [0.717, 1.165) is 5.56 Å². The molecule has 0 bridgehead atoms. The van der Waals surface area contributed by atoms with Crippen LogP contribution in [-0.2, 0) is 0 Å². The summed E-state index contributed by atoms with van der Waals surface area (Å²) in [6.07, 6.45) is 0. The van der Waals surface area contributed by atoms with Gasteiger partial charge in [0.2, 0.25) is 5.89 Å². The van der Waals surface area contributed by atoms with Gasteiger partial charge < -0.3 is 14.5 Å². The molecule has 1 aromatic heterocycles. The number of hydrogen-bond donors (Lipinski definition) is 1. The average Bonchev–Trinajstić information content (AvgIpc) is 3.08. The number of anilines is 1. The number of aryl methyl sites for hydroxylation is 1. The number of nitrogens with one attached hydrogen (secondary N) is 1. The lowest BCUT2D eigenvalue weighted by Crippen LogP contribution is -2.12. The van der Waals surface area contributed by atoms with Crippen LogP contribution in [0.2, 0.25) is 5.02 Å². The summed E-state index contributed by atoms with van der Waals surface area (Å²) in [5.41, 5.74) is 2.18. The molecule has 7 heteroatoms. The van der Waals surface area contributed by atoms with E-state index in [1.54, 1.807) is 43.5 Å². The highest BCUT2D eigenvalue weighted by atomic mass is 35.5. The van der Waals surface area contributed by atoms with E-state index in [9.17, 15) is 4.79 Å². The molecule has 0 aliphatic rings. The van der Waals surface area contributed by atoms with Crippen molar-refractivity contribution in [1.82, 2.24) is 10.2 Å². The number of carbonyl (C=O) groups is 1. The van der Waals surface area contributed by atoms with Crippen molar-refractivity contribution in [1.29, 1.82) is 0 Å². The number of carbonyl (C=O) groups excluding carboxylic acids is 1. The Balaban J connectivity index is 1.76. The number of aromatic nitrogens is 2. The first kappa shape index (κ1) is 16.0. The molecule has 0 radical (unpaired) electrons. The van der Waals surface area contributed by atoms with Crippen molar-refractivity contribution < 1.29 is 13.9 Å². The highest BCUT2D eigenvalue weighted by molar-refractivity contribution is 6.31. The van der Waals surface area contributed by atoms with Crippen LogP contribution in [0.1, 0.15) is 16.2 Å². The maximum atomic E-state index is 12.2. The smallest absolute Gasteiger partial charge is 0.313 e. The predicted octanol–water partition coefficient (Wildman–Crippen LogP) is 3.96. The number of methoxy groups -OCH3 is 1. The van der Waals surface area contributed by atoms with Gasteiger partial charge in [0.25, 0.3) is 0 Å². The molecule has 122 valence electrons. The summed E-state index contributed by atoms with van der Waals surface area (Å²) in [4.78, 5) is 12.2. The van der Waals surface area contributed by atoms with Crippen molar-refractivity contribution in [2.45, 2.75) is 6.92 Å². The molecule has 2 aromatic carbocycles. The molecule has 0 spiro atoms. The molecular formula is C17H14ClN3O3. The summed E-state index contributed by atoms with van der Waals surface area (Å²) in [5, 5.41) is 10.9. The van der Waals surface area contributed by atoms with Crippen LogP contribution < -0.4 is 10.1 Å². The van der Waals surface area contributed by atoms with Crippen molar-refractivity contribution in [2.24, 2.45) is 0 Å². The van der Waals surface area contributed by atoms with Gasteiger partial charge in [-0.05, 0) is 48.9 Å². The molecule has 0 atom stereocenters. The fourth-order valence-electron chi connectivity index (χ4n) is 2.02. The SMILES string of the molecule is COc1ccc(-c2nnc(C(=O)Nc3ccc(C)c(Cl)c3)o2)cc1. The molecule has 3 aromatic rings. The third-order valence-corrected chi connectivity index (χ3v) is 3.79. The fraction of sp³-hybridized carbons (Fsp3) is 0.118. The molecule has 0 unspecified atom stereocenters. The van der Waals surface area contributed by atoms with E-state index in [-0.39, 0.29) is 11.8 Å². The molecule has 1 N–H and O–H groups in total. The first-order valence-electron chi connectivity index (χ1n) is 7.12. The molecule has 1 amide bonds. The number of amides is 1. The van der Waals surface area contributed by atoms with Crippen LogP contribution in [0.4, 0.5) is 5.69 Å². The Labute approximate surface area is 143 Å². The number of ether oxygens (including phenoxy) is 1. The van der Waals surface area contributed by atoms with Crippen LogP contribution in [0.25, 0.3) is 11.5 Å². The van der Waals surface area contributed by atoms with Crippen LogP contribution in [0.3, 0.4) is 0 Å². The quantitative estimate of drug-likeness (QED) is 0.775. The summed E-state index contributed by atoms with van der Waals surface area (Å²) in [7, 11) is 1.58. The second-order valence-electron chi connectivity index (χ2n) is 5.06. The summed E-state index contributed by atoms with van der Waals surface area (Å²) in [5.74, 6) is 0.344. The first-order chi connectivity index (χ1) is 11.6. The van der Waals surface area contributed by atoms with E-state index in [0.29, 0.717) is 22.0 Å². The lowest BCUT2D eigenvalue weighted by molar-refractivity contribution is 0.0991. The van der Waals surface area contributed by atoms with E-state index < -0.39 is 5.91 Å². The highest BCUT2D eigenvalue weighted by Gasteiger charge is 2.16. The van der Waals surface area contributed by atoms with Crippen LogP contribution in [-0.4, -0.2) is 23.2 Å². The number of nitrogens with zero attached hydrogens (tertiary/aromatic N) is 2. The molecule has 0 fully saturated rings. The maximum Gasteiger partial charge on any atom is 0.313 e. The Morgan fingerprint density at radius 1 is 1.17 bits per heavy atom. The number of halogens is 1. The summed E-state index contributed by atoms with van der Waals surface area (Å²) in [6.45, 7) is 1.88. The zero-order chi connectivity index (χ0) is 17.1. The normalized spacial score (nSPS) is 10.5. The van der Waals surface area contributed by atoms with Gasteiger partial charge in [0.1, 0.15) is 5.75 Å². The van der Waals surface area contributed by atoms with Gasteiger partial charge in [-0.2, -0.15) is 0 Å².